The highest BCUT2D eigenvalue weighted by atomic mass is 19.1. The zero-order valence-corrected chi connectivity index (χ0v) is 15.2. The highest BCUT2D eigenvalue weighted by Gasteiger charge is 2.16. The van der Waals surface area contributed by atoms with Crippen molar-refractivity contribution >= 4 is 17.4 Å². The molecule has 2 N–H and O–H groups in total. The second kappa shape index (κ2) is 8.70. The number of anilines is 2. The minimum atomic E-state index is -0.307. The van der Waals surface area contributed by atoms with Crippen LogP contribution < -0.4 is 15.5 Å². The van der Waals surface area contributed by atoms with Gasteiger partial charge in [0, 0.05) is 24.8 Å². The van der Waals surface area contributed by atoms with Gasteiger partial charge in [0.15, 0.2) is 0 Å². The van der Waals surface area contributed by atoms with Gasteiger partial charge in [0.2, 0.25) is 0 Å². The van der Waals surface area contributed by atoms with Crippen LogP contribution in [0.4, 0.5) is 20.6 Å². The van der Waals surface area contributed by atoms with Gasteiger partial charge in [-0.25, -0.2) is 9.18 Å². The first-order valence-electron chi connectivity index (χ1n) is 9.28. The quantitative estimate of drug-likeness (QED) is 0.797. The van der Waals surface area contributed by atoms with Crippen LogP contribution in [0.5, 0.6) is 0 Å². The van der Waals surface area contributed by atoms with Crippen LogP contribution in [0.1, 0.15) is 31.7 Å². The lowest BCUT2D eigenvalue weighted by Gasteiger charge is -2.19. The number of aryl methyl sites for hydroxylation is 1. The second-order valence-electron chi connectivity index (χ2n) is 6.88. The van der Waals surface area contributed by atoms with Gasteiger partial charge in [-0.3, -0.25) is 0 Å². The predicted octanol–water partition coefficient (Wildman–Crippen LogP) is 4.57. The van der Waals surface area contributed by atoms with Gasteiger partial charge in [0.25, 0.3) is 0 Å². The van der Waals surface area contributed by atoms with E-state index in [-0.39, 0.29) is 17.9 Å². The smallest absolute Gasteiger partial charge is 0.319 e. The van der Waals surface area contributed by atoms with Crippen molar-refractivity contribution in [3.05, 3.63) is 59.9 Å². The summed E-state index contributed by atoms with van der Waals surface area (Å²) in [5, 5.41) is 5.63. The molecule has 1 atom stereocenters. The van der Waals surface area contributed by atoms with Crippen molar-refractivity contribution in [2.24, 2.45) is 0 Å². The van der Waals surface area contributed by atoms with Crippen molar-refractivity contribution < 1.29 is 9.18 Å². The van der Waals surface area contributed by atoms with Crippen molar-refractivity contribution in [2.75, 3.05) is 23.3 Å². The van der Waals surface area contributed by atoms with Crippen molar-refractivity contribution in [2.45, 2.75) is 38.6 Å². The molecule has 0 saturated carbocycles. The van der Waals surface area contributed by atoms with Gasteiger partial charge in [-0.05, 0) is 56.4 Å². The lowest BCUT2D eigenvalue weighted by atomic mass is 10.1. The van der Waals surface area contributed by atoms with Crippen LogP contribution in [0.25, 0.3) is 0 Å². The standard InChI is InChI=1S/C21H26FN3O/c1-16(9-10-17-7-3-2-4-8-17)23-21(26)24-18-11-12-20(19(22)15-18)25-13-5-6-14-25/h2-4,7-8,11-12,15-16H,5-6,9-10,13-14H2,1H3,(H2,23,24,26). The van der Waals surface area contributed by atoms with Gasteiger partial charge in [0.1, 0.15) is 5.82 Å². The molecule has 3 rings (SSSR count). The molecule has 1 aliphatic rings. The number of urea groups is 1. The second-order valence-corrected chi connectivity index (χ2v) is 6.88. The predicted molar refractivity (Wildman–Crippen MR) is 104 cm³/mol. The zero-order valence-electron chi connectivity index (χ0n) is 15.2. The van der Waals surface area contributed by atoms with Crippen molar-refractivity contribution in [3.63, 3.8) is 0 Å². The Balaban J connectivity index is 1.48. The molecule has 1 unspecified atom stereocenters. The summed E-state index contributed by atoms with van der Waals surface area (Å²) in [5.41, 5.74) is 2.34. The fourth-order valence-electron chi connectivity index (χ4n) is 3.29. The van der Waals surface area contributed by atoms with Crippen molar-refractivity contribution in [1.82, 2.24) is 5.32 Å². The summed E-state index contributed by atoms with van der Waals surface area (Å²) in [7, 11) is 0. The van der Waals surface area contributed by atoms with E-state index in [9.17, 15) is 9.18 Å². The Morgan fingerprint density at radius 3 is 2.58 bits per heavy atom. The largest absolute Gasteiger partial charge is 0.369 e. The average Bonchev–Trinajstić information content (AvgIpc) is 3.15. The Bertz CT molecular complexity index is 729. The molecule has 138 valence electrons. The number of carbonyl (C=O) groups excluding carboxylic acids is 1. The fraction of sp³-hybridized carbons (Fsp3) is 0.381. The third-order valence-electron chi connectivity index (χ3n) is 4.74. The maximum absolute atomic E-state index is 14.3. The topological polar surface area (TPSA) is 44.4 Å². The molecule has 0 bridgehead atoms. The summed E-state index contributed by atoms with van der Waals surface area (Å²) in [5.74, 6) is -0.290. The van der Waals surface area contributed by atoms with E-state index in [1.165, 1.54) is 11.6 Å². The number of rotatable bonds is 6. The first-order chi connectivity index (χ1) is 12.6. The van der Waals surface area contributed by atoms with E-state index in [4.69, 9.17) is 0 Å². The van der Waals surface area contributed by atoms with Crippen LogP contribution in [0, 0.1) is 5.82 Å². The zero-order chi connectivity index (χ0) is 18.4. The molecule has 2 aromatic rings. The lowest BCUT2D eigenvalue weighted by Crippen LogP contribution is -2.36. The summed E-state index contributed by atoms with van der Waals surface area (Å²) < 4.78 is 14.3. The minimum Gasteiger partial charge on any atom is -0.369 e. The van der Waals surface area contributed by atoms with E-state index in [0.717, 1.165) is 38.8 Å². The number of benzene rings is 2. The van der Waals surface area contributed by atoms with Crippen molar-refractivity contribution in [3.8, 4) is 0 Å². The average molecular weight is 355 g/mol. The molecule has 0 spiro atoms. The van der Waals surface area contributed by atoms with Crippen LogP contribution in [-0.4, -0.2) is 25.2 Å². The molecular formula is C21H26FN3O. The van der Waals surface area contributed by atoms with Gasteiger partial charge in [-0.1, -0.05) is 30.3 Å². The molecule has 4 nitrogen and oxygen atoms in total. The Labute approximate surface area is 154 Å². The molecule has 2 aromatic carbocycles. The van der Waals surface area contributed by atoms with Crippen LogP contribution >= 0.6 is 0 Å². The SMILES string of the molecule is CC(CCc1ccccc1)NC(=O)Nc1ccc(N2CCCC2)c(F)c1. The van der Waals surface area contributed by atoms with E-state index in [1.807, 2.05) is 30.0 Å². The number of hydrogen-bond acceptors (Lipinski definition) is 2. The number of halogens is 1. The number of nitrogens with zero attached hydrogens (tertiary/aromatic N) is 1. The first-order valence-corrected chi connectivity index (χ1v) is 9.28. The van der Waals surface area contributed by atoms with Gasteiger partial charge in [-0.15, -0.1) is 0 Å². The molecule has 1 aliphatic heterocycles. The van der Waals surface area contributed by atoms with E-state index in [0.29, 0.717) is 11.4 Å². The van der Waals surface area contributed by atoms with Crippen LogP contribution in [0.3, 0.4) is 0 Å². The molecule has 1 heterocycles. The molecule has 2 amide bonds. The highest BCUT2D eigenvalue weighted by molar-refractivity contribution is 5.89. The molecule has 1 fully saturated rings. The van der Waals surface area contributed by atoms with Crippen LogP contribution in [0.2, 0.25) is 0 Å². The van der Waals surface area contributed by atoms with Crippen molar-refractivity contribution in [1.29, 1.82) is 0 Å². The van der Waals surface area contributed by atoms with Gasteiger partial charge in [0.05, 0.1) is 5.69 Å². The van der Waals surface area contributed by atoms with E-state index in [2.05, 4.69) is 22.8 Å². The molecule has 0 aromatic heterocycles. The third-order valence-corrected chi connectivity index (χ3v) is 4.74. The molecular weight excluding hydrogens is 329 g/mol. The number of nitrogens with one attached hydrogen (secondary N) is 2. The Morgan fingerprint density at radius 2 is 1.88 bits per heavy atom. The van der Waals surface area contributed by atoms with E-state index >= 15 is 0 Å². The Hall–Kier alpha value is -2.56. The van der Waals surface area contributed by atoms with Gasteiger partial charge in [-0.2, -0.15) is 0 Å². The molecule has 5 heteroatoms. The monoisotopic (exact) mass is 355 g/mol. The molecule has 0 aliphatic carbocycles. The van der Waals surface area contributed by atoms with Crippen LogP contribution in [-0.2, 0) is 6.42 Å². The Morgan fingerprint density at radius 1 is 1.15 bits per heavy atom. The molecule has 0 radical (unpaired) electrons. The number of hydrogen-bond donors (Lipinski definition) is 2. The minimum absolute atomic E-state index is 0.0314. The maximum atomic E-state index is 14.3. The molecule has 1 saturated heterocycles. The van der Waals surface area contributed by atoms with Gasteiger partial charge >= 0.3 is 6.03 Å². The summed E-state index contributed by atoms with van der Waals surface area (Å²) in [4.78, 5) is 14.2. The normalized spacial score (nSPS) is 14.9. The maximum Gasteiger partial charge on any atom is 0.319 e. The fourth-order valence-corrected chi connectivity index (χ4v) is 3.29. The van der Waals surface area contributed by atoms with Gasteiger partial charge < -0.3 is 15.5 Å². The van der Waals surface area contributed by atoms with Crippen LogP contribution in [0.15, 0.2) is 48.5 Å². The van der Waals surface area contributed by atoms with E-state index in [1.54, 1.807) is 12.1 Å². The summed E-state index contributed by atoms with van der Waals surface area (Å²) in [6.07, 6.45) is 3.95. The third kappa shape index (κ3) is 4.97. The number of carbonyl (C=O) groups is 1. The Kier molecular flexibility index (Phi) is 6.10. The lowest BCUT2D eigenvalue weighted by molar-refractivity contribution is 0.248. The van der Waals surface area contributed by atoms with E-state index < -0.39 is 0 Å². The first kappa shape index (κ1) is 18.2. The summed E-state index contributed by atoms with van der Waals surface area (Å²) in [6.45, 7) is 3.76. The number of amides is 2. The molecule has 26 heavy (non-hydrogen) atoms. The highest BCUT2D eigenvalue weighted by Crippen LogP contribution is 2.26. The summed E-state index contributed by atoms with van der Waals surface area (Å²) in [6, 6.07) is 14.8. The summed E-state index contributed by atoms with van der Waals surface area (Å²) >= 11 is 0.